The molecule has 262 valence electrons. The Labute approximate surface area is 300 Å². The van der Waals surface area contributed by atoms with E-state index in [1.54, 1.807) is 50.2 Å². The van der Waals surface area contributed by atoms with E-state index in [1.807, 2.05) is 0 Å². The highest BCUT2D eigenvalue weighted by Gasteiger charge is 2.27. The van der Waals surface area contributed by atoms with Crippen LogP contribution in [0.25, 0.3) is 21.8 Å². The number of fused-ring (bicyclic) bond motifs is 2. The number of hydrogen-bond acceptors (Lipinski definition) is 6. The predicted octanol–water partition coefficient (Wildman–Crippen LogP) is 8.25. The minimum Gasteiger partial charge on any atom is -0.508 e. The lowest BCUT2D eigenvalue weighted by Gasteiger charge is -2.09. The molecule has 10 nitrogen and oxygen atoms in total. The van der Waals surface area contributed by atoms with Crippen LogP contribution in [0.5, 0.6) is 11.5 Å². The number of benzene rings is 4. The summed E-state index contributed by atoms with van der Waals surface area (Å²) in [6, 6.07) is 19.4. The molecule has 6 aromatic rings. The molecule has 0 saturated heterocycles. The Kier molecular flexibility index (Phi) is 10.5. The lowest BCUT2D eigenvalue weighted by Crippen LogP contribution is -2.15. The van der Waals surface area contributed by atoms with Crippen LogP contribution in [-0.4, -0.2) is 55.3 Å². The van der Waals surface area contributed by atoms with Gasteiger partial charge in [0.1, 0.15) is 17.3 Å². The first-order valence-corrected chi connectivity index (χ1v) is 16.2. The fourth-order valence-corrected chi connectivity index (χ4v) is 6.37. The summed E-state index contributed by atoms with van der Waals surface area (Å²) in [5, 5.41) is 30.2. The van der Waals surface area contributed by atoms with E-state index in [0.29, 0.717) is 60.7 Å². The monoisotopic (exact) mass is 732 g/mol. The number of carboxylic acid groups (broad SMARTS) is 2. The SMILES string of the molecule is COc1ccc2c(c1)c(CC(=O)O)c(C)n2C(=O)c1ccc(Cl)c(Cl)c1.Cc1c(C(C)C(=O)O)c2cc(O)ccc2n1C(=O)c1ccc(F)cc1. The smallest absolute Gasteiger partial charge is 0.310 e. The number of phenols is 1. The van der Waals surface area contributed by atoms with Crippen LogP contribution in [-0.2, 0) is 16.0 Å². The number of rotatable bonds is 7. The molecule has 0 spiro atoms. The van der Waals surface area contributed by atoms with Crippen LogP contribution in [0.1, 0.15) is 56.1 Å². The average molecular weight is 734 g/mol. The molecule has 0 aliphatic heterocycles. The van der Waals surface area contributed by atoms with Crippen molar-refractivity contribution in [3.63, 3.8) is 0 Å². The summed E-state index contributed by atoms with van der Waals surface area (Å²) < 4.78 is 21.2. The van der Waals surface area contributed by atoms with Crippen LogP contribution >= 0.6 is 23.2 Å². The minimum absolute atomic E-state index is 0.0160. The van der Waals surface area contributed by atoms with Crippen molar-refractivity contribution in [2.45, 2.75) is 33.1 Å². The van der Waals surface area contributed by atoms with Gasteiger partial charge in [-0.15, -0.1) is 0 Å². The first kappa shape index (κ1) is 36.6. The number of carboxylic acids is 2. The maximum atomic E-state index is 13.1. The number of carbonyl (C=O) groups excluding carboxylic acids is 2. The van der Waals surface area contributed by atoms with E-state index in [9.17, 15) is 38.9 Å². The van der Waals surface area contributed by atoms with Crippen LogP contribution < -0.4 is 4.74 Å². The molecule has 1 atom stereocenters. The van der Waals surface area contributed by atoms with Gasteiger partial charge in [0.15, 0.2) is 0 Å². The Bertz CT molecular complexity index is 2360. The van der Waals surface area contributed by atoms with Gasteiger partial charge in [-0.05, 0) is 111 Å². The predicted molar refractivity (Wildman–Crippen MR) is 191 cm³/mol. The van der Waals surface area contributed by atoms with Crippen LogP contribution in [0.3, 0.4) is 0 Å². The Morgan fingerprint density at radius 1 is 0.765 bits per heavy atom. The van der Waals surface area contributed by atoms with Gasteiger partial charge in [-0.3, -0.25) is 28.3 Å². The summed E-state index contributed by atoms with van der Waals surface area (Å²) in [4.78, 5) is 48.8. The molecule has 4 aromatic carbocycles. The van der Waals surface area contributed by atoms with Gasteiger partial charge in [0.05, 0.1) is 40.5 Å². The molecular weight excluding hydrogens is 702 g/mol. The maximum Gasteiger partial charge on any atom is 0.310 e. The zero-order valence-corrected chi connectivity index (χ0v) is 29.2. The van der Waals surface area contributed by atoms with Crippen molar-refractivity contribution in [1.29, 1.82) is 0 Å². The number of halogens is 3. The fourth-order valence-electron chi connectivity index (χ4n) is 6.07. The van der Waals surface area contributed by atoms with Crippen LogP contribution in [0.4, 0.5) is 4.39 Å². The van der Waals surface area contributed by atoms with E-state index in [0.717, 1.165) is 0 Å². The Hall–Kier alpha value is -5.65. The number of aliphatic carboxylic acids is 2. The molecule has 0 radical (unpaired) electrons. The van der Waals surface area contributed by atoms with Crippen molar-refractivity contribution in [2.75, 3.05) is 7.11 Å². The van der Waals surface area contributed by atoms with Crippen molar-refractivity contribution in [3.05, 3.63) is 128 Å². The van der Waals surface area contributed by atoms with Crippen molar-refractivity contribution >= 4 is 68.8 Å². The Morgan fingerprint density at radius 3 is 1.96 bits per heavy atom. The van der Waals surface area contributed by atoms with Gasteiger partial charge in [-0.1, -0.05) is 23.2 Å². The highest BCUT2D eigenvalue weighted by Crippen LogP contribution is 2.35. The van der Waals surface area contributed by atoms with E-state index >= 15 is 0 Å². The third-order valence-electron chi connectivity index (χ3n) is 8.57. The van der Waals surface area contributed by atoms with Gasteiger partial charge < -0.3 is 20.1 Å². The van der Waals surface area contributed by atoms with E-state index in [2.05, 4.69) is 0 Å². The van der Waals surface area contributed by atoms with Gasteiger partial charge >= 0.3 is 11.9 Å². The molecule has 6 rings (SSSR count). The van der Waals surface area contributed by atoms with Gasteiger partial charge in [-0.2, -0.15) is 0 Å². The summed E-state index contributed by atoms with van der Waals surface area (Å²) in [6.07, 6.45) is -0.197. The van der Waals surface area contributed by atoms with E-state index in [-0.39, 0.29) is 28.7 Å². The highest BCUT2D eigenvalue weighted by atomic mass is 35.5. The first-order chi connectivity index (χ1) is 24.1. The standard InChI is InChI=1S/C19H15Cl2NO4.C19H16FNO4/c1-10-13(9-18(23)24)14-8-12(26-2)4-6-17(14)22(10)19(25)11-3-5-15(20)16(21)7-11;1-10(19(24)25)17-11(2)21(16-8-7-14(22)9-15(16)17)18(23)12-3-5-13(20)6-4-12/h3-8H,9H2,1-2H3,(H,23,24);3-10,22H,1-2H3,(H,24,25). The number of methoxy groups -OCH3 is 1. The molecule has 1 unspecified atom stereocenters. The number of phenolic OH excluding ortho intramolecular Hbond substituents is 1. The third-order valence-corrected chi connectivity index (χ3v) is 9.31. The van der Waals surface area contributed by atoms with Crippen molar-refractivity contribution in [3.8, 4) is 11.5 Å². The normalized spacial score (nSPS) is 11.6. The minimum atomic E-state index is -1.03. The van der Waals surface area contributed by atoms with Crippen molar-refractivity contribution in [2.24, 2.45) is 0 Å². The molecule has 0 saturated carbocycles. The lowest BCUT2D eigenvalue weighted by molar-refractivity contribution is -0.138. The molecule has 0 aliphatic carbocycles. The van der Waals surface area contributed by atoms with E-state index in [1.165, 1.54) is 65.6 Å². The molecule has 2 aromatic heterocycles. The Balaban J connectivity index is 0.000000198. The maximum absolute atomic E-state index is 13.1. The van der Waals surface area contributed by atoms with Crippen molar-refractivity contribution < 1.29 is 43.6 Å². The third kappa shape index (κ3) is 7.17. The Morgan fingerprint density at radius 2 is 1.35 bits per heavy atom. The number of ether oxygens (including phenoxy) is 1. The van der Waals surface area contributed by atoms with E-state index in [4.69, 9.17) is 27.9 Å². The zero-order valence-electron chi connectivity index (χ0n) is 27.7. The van der Waals surface area contributed by atoms with Gasteiger partial charge in [0.2, 0.25) is 0 Å². The molecule has 0 fully saturated rings. The molecular formula is C38H31Cl2FN2O8. The van der Waals surface area contributed by atoms with Gasteiger partial charge in [-0.25, -0.2) is 4.39 Å². The van der Waals surface area contributed by atoms with Crippen molar-refractivity contribution in [1.82, 2.24) is 9.13 Å². The second-order valence-corrected chi connectivity index (χ2v) is 12.5. The molecule has 51 heavy (non-hydrogen) atoms. The number of hydrogen-bond donors (Lipinski definition) is 3. The average Bonchev–Trinajstić information content (AvgIpc) is 3.53. The molecule has 13 heteroatoms. The highest BCUT2D eigenvalue weighted by molar-refractivity contribution is 6.42. The molecule has 2 heterocycles. The number of nitrogens with zero attached hydrogens (tertiary/aromatic N) is 2. The fraction of sp³-hybridized carbons (Fsp3) is 0.158. The summed E-state index contributed by atoms with van der Waals surface area (Å²) in [7, 11) is 1.53. The van der Waals surface area contributed by atoms with Gasteiger partial charge in [0, 0.05) is 33.3 Å². The second kappa shape index (κ2) is 14.7. The zero-order chi connectivity index (χ0) is 37.3. The van der Waals surface area contributed by atoms with Crippen LogP contribution in [0.15, 0.2) is 78.9 Å². The number of aromatic nitrogens is 2. The summed E-state index contributed by atoms with van der Waals surface area (Å²) in [5.41, 5.74) is 3.81. The van der Waals surface area contributed by atoms with Crippen LogP contribution in [0.2, 0.25) is 10.0 Å². The topological polar surface area (TPSA) is 148 Å². The van der Waals surface area contributed by atoms with Crippen LogP contribution in [0, 0.1) is 19.7 Å². The lowest BCUT2D eigenvalue weighted by atomic mass is 9.98. The summed E-state index contributed by atoms with van der Waals surface area (Å²) >= 11 is 12.0. The molecule has 0 bridgehead atoms. The van der Waals surface area contributed by atoms with Gasteiger partial charge in [0.25, 0.3) is 11.8 Å². The molecule has 0 amide bonds. The second-order valence-electron chi connectivity index (χ2n) is 11.7. The van der Waals surface area contributed by atoms with E-state index < -0.39 is 29.6 Å². The summed E-state index contributed by atoms with van der Waals surface area (Å²) in [5.74, 6) is -3.44. The number of carbonyl (C=O) groups is 4. The summed E-state index contributed by atoms with van der Waals surface area (Å²) in [6.45, 7) is 4.91. The first-order valence-electron chi connectivity index (χ1n) is 15.4. The largest absolute Gasteiger partial charge is 0.508 e. The molecule has 3 N–H and O–H groups in total. The number of aromatic hydroxyl groups is 1. The molecule has 0 aliphatic rings. The quantitative estimate of drug-likeness (QED) is 0.149.